The Morgan fingerprint density at radius 2 is 1.95 bits per heavy atom. The van der Waals surface area contributed by atoms with E-state index in [0.29, 0.717) is 0 Å². The summed E-state index contributed by atoms with van der Waals surface area (Å²) in [7, 11) is 0. The van der Waals surface area contributed by atoms with Crippen LogP contribution >= 0.6 is 11.3 Å². The summed E-state index contributed by atoms with van der Waals surface area (Å²) >= 11 is 1.51. The van der Waals surface area contributed by atoms with Gasteiger partial charge in [0.1, 0.15) is 0 Å². The molecule has 1 heterocycles. The van der Waals surface area contributed by atoms with Gasteiger partial charge in [-0.05, 0) is 48.1 Å². The Kier molecular flexibility index (Phi) is 3.96. The maximum Gasteiger partial charge on any atom is 0.266 e. The fourth-order valence-corrected chi connectivity index (χ4v) is 3.58. The smallest absolute Gasteiger partial charge is 0.266 e. The molecule has 3 aromatic rings. The van der Waals surface area contributed by atoms with Crippen LogP contribution in [0.5, 0.6) is 0 Å². The van der Waals surface area contributed by atoms with Gasteiger partial charge in [-0.3, -0.25) is 4.79 Å². The first-order valence-electron chi connectivity index (χ1n) is 7.10. The van der Waals surface area contributed by atoms with Crippen molar-refractivity contribution in [2.75, 3.05) is 5.32 Å². The molecule has 4 heteroatoms. The van der Waals surface area contributed by atoms with Gasteiger partial charge in [0.25, 0.3) is 5.91 Å². The zero-order valence-electron chi connectivity index (χ0n) is 12.5. The molecule has 3 rings (SSSR count). The predicted octanol–water partition coefficient (Wildman–Crippen LogP) is 4.26. The number of hydrogen-bond donors (Lipinski definition) is 2. The number of aliphatic hydroxyl groups excluding tert-OH is 1. The number of hydrogen-bond acceptors (Lipinski definition) is 3. The number of fused-ring (bicyclic) bond motifs is 1. The number of rotatable bonds is 3. The van der Waals surface area contributed by atoms with Crippen LogP contribution in [-0.4, -0.2) is 11.0 Å². The number of nitrogens with one attached hydrogen (secondary N) is 1. The largest absolute Gasteiger partial charge is 0.392 e. The summed E-state index contributed by atoms with van der Waals surface area (Å²) in [6, 6.07) is 13.6. The Labute approximate surface area is 133 Å². The van der Waals surface area contributed by atoms with Crippen LogP contribution in [0, 0.1) is 13.8 Å². The third-order valence-electron chi connectivity index (χ3n) is 3.78. The first-order chi connectivity index (χ1) is 10.6. The van der Waals surface area contributed by atoms with Crippen LogP contribution in [0.15, 0.2) is 42.5 Å². The van der Waals surface area contributed by atoms with E-state index in [0.717, 1.165) is 37.3 Å². The molecule has 0 aliphatic rings. The molecule has 0 radical (unpaired) electrons. The van der Waals surface area contributed by atoms with E-state index in [9.17, 15) is 9.90 Å². The van der Waals surface area contributed by atoms with E-state index in [-0.39, 0.29) is 12.5 Å². The van der Waals surface area contributed by atoms with E-state index in [2.05, 4.69) is 5.32 Å². The van der Waals surface area contributed by atoms with Gasteiger partial charge in [-0.2, -0.15) is 0 Å². The highest BCUT2D eigenvalue weighted by molar-refractivity contribution is 7.21. The number of aliphatic hydroxyl groups is 1. The number of amides is 1. The molecule has 0 atom stereocenters. The molecule has 2 N–H and O–H groups in total. The summed E-state index contributed by atoms with van der Waals surface area (Å²) in [6.07, 6.45) is 0. The van der Waals surface area contributed by atoms with Crippen LogP contribution in [0.3, 0.4) is 0 Å². The SMILES string of the molecule is Cc1ccc(CO)cc1NC(=O)c1sc2ccccc2c1C. The van der Waals surface area contributed by atoms with Gasteiger partial charge in [-0.25, -0.2) is 0 Å². The second-order valence-corrected chi connectivity index (χ2v) is 6.37. The Balaban J connectivity index is 1.95. The highest BCUT2D eigenvalue weighted by Gasteiger charge is 2.16. The van der Waals surface area contributed by atoms with E-state index in [1.807, 2.05) is 56.3 Å². The van der Waals surface area contributed by atoms with E-state index in [1.165, 1.54) is 11.3 Å². The molecule has 0 unspecified atom stereocenters. The molecule has 0 aliphatic carbocycles. The zero-order valence-corrected chi connectivity index (χ0v) is 13.3. The second kappa shape index (κ2) is 5.91. The van der Waals surface area contributed by atoms with E-state index in [4.69, 9.17) is 0 Å². The summed E-state index contributed by atoms with van der Waals surface area (Å²) in [5.74, 6) is -0.100. The fraction of sp³-hybridized carbons (Fsp3) is 0.167. The minimum atomic E-state index is -0.100. The maximum absolute atomic E-state index is 12.6. The highest BCUT2D eigenvalue weighted by atomic mass is 32.1. The van der Waals surface area contributed by atoms with Crippen molar-refractivity contribution in [2.24, 2.45) is 0 Å². The molecule has 0 saturated carbocycles. The number of benzene rings is 2. The summed E-state index contributed by atoms with van der Waals surface area (Å²) in [4.78, 5) is 13.3. The summed E-state index contributed by atoms with van der Waals surface area (Å²) in [5.41, 5.74) is 3.51. The molecule has 1 aromatic heterocycles. The number of carbonyl (C=O) groups excluding carboxylic acids is 1. The summed E-state index contributed by atoms with van der Waals surface area (Å²) in [6.45, 7) is 3.88. The van der Waals surface area contributed by atoms with Gasteiger partial charge >= 0.3 is 0 Å². The number of aryl methyl sites for hydroxylation is 2. The van der Waals surface area contributed by atoms with Crippen LogP contribution in [-0.2, 0) is 6.61 Å². The normalized spacial score (nSPS) is 10.9. The molecule has 3 nitrogen and oxygen atoms in total. The van der Waals surface area contributed by atoms with Crippen molar-refractivity contribution in [3.63, 3.8) is 0 Å². The number of carbonyl (C=O) groups is 1. The van der Waals surface area contributed by atoms with Gasteiger partial charge < -0.3 is 10.4 Å². The minimum absolute atomic E-state index is 0.0366. The lowest BCUT2D eigenvalue weighted by Gasteiger charge is -2.09. The topological polar surface area (TPSA) is 49.3 Å². The van der Waals surface area contributed by atoms with Crippen molar-refractivity contribution in [2.45, 2.75) is 20.5 Å². The van der Waals surface area contributed by atoms with Crippen LogP contribution in [0.1, 0.15) is 26.4 Å². The molecule has 0 aliphatic heterocycles. The predicted molar refractivity (Wildman–Crippen MR) is 91.6 cm³/mol. The Morgan fingerprint density at radius 3 is 2.68 bits per heavy atom. The molecule has 1 amide bonds. The van der Waals surface area contributed by atoms with Gasteiger partial charge in [-0.15, -0.1) is 11.3 Å². The van der Waals surface area contributed by atoms with E-state index >= 15 is 0 Å². The molecule has 0 saturated heterocycles. The molecule has 0 bridgehead atoms. The standard InChI is InChI=1S/C18H17NO2S/c1-11-7-8-13(10-20)9-15(11)19-18(21)17-12(2)14-5-3-4-6-16(14)22-17/h3-9,20H,10H2,1-2H3,(H,19,21). The van der Waals surface area contributed by atoms with Crippen molar-refractivity contribution in [1.82, 2.24) is 0 Å². The van der Waals surface area contributed by atoms with E-state index in [1.54, 1.807) is 0 Å². The van der Waals surface area contributed by atoms with Crippen molar-refractivity contribution in [3.8, 4) is 0 Å². The number of thiophene rings is 1. The van der Waals surface area contributed by atoms with Crippen LogP contribution in [0.25, 0.3) is 10.1 Å². The third kappa shape index (κ3) is 2.63. The molecule has 112 valence electrons. The lowest BCUT2D eigenvalue weighted by Crippen LogP contribution is -2.12. The molecular weight excluding hydrogens is 294 g/mol. The average Bonchev–Trinajstić information content (AvgIpc) is 2.87. The summed E-state index contributed by atoms with van der Waals surface area (Å²) < 4.78 is 1.12. The monoisotopic (exact) mass is 311 g/mol. The summed E-state index contributed by atoms with van der Waals surface area (Å²) in [5, 5.41) is 13.3. The average molecular weight is 311 g/mol. The zero-order chi connectivity index (χ0) is 15.7. The van der Waals surface area contributed by atoms with E-state index < -0.39 is 0 Å². The van der Waals surface area contributed by atoms with Gasteiger partial charge in [0.2, 0.25) is 0 Å². The Morgan fingerprint density at radius 1 is 1.18 bits per heavy atom. The second-order valence-electron chi connectivity index (χ2n) is 5.31. The molecular formula is C18H17NO2S. The fourth-order valence-electron chi connectivity index (χ4n) is 2.47. The molecule has 2 aromatic carbocycles. The van der Waals surface area contributed by atoms with Crippen molar-refractivity contribution < 1.29 is 9.90 Å². The maximum atomic E-state index is 12.6. The van der Waals surface area contributed by atoms with Crippen LogP contribution in [0.2, 0.25) is 0 Å². The first kappa shape index (κ1) is 14.8. The van der Waals surface area contributed by atoms with Gasteiger partial charge in [-0.1, -0.05) is 30.3 Å². The van der Waals surface area contributed by atoms with Crippen LogP contribution in [0.4, 0.5) is 5.69 Å². The third-order valence-corrected chi connectivity index (χ3v) is 5.05. The Bertz CT molecular complexity index is 851. The molecule has 22 heavy (non-hydrogen) atoms. The lowest BCUT2D eigenvalue weighted by atomic mass is 10.1. The number of anilines is 1. The van der Waals surface area contributed by atoms with Crippen LogP contribution < -0.4 is 5.32 Å². The van der Waals surface area contributed by atoms with Gasteiger partial charge in [0, 0.05) is 10.4 Å². The molecule has 0 spiro atoms. The van der Waals surface area contributed by atoms with Crippen molar-refractivity contribution >= 4 is 33.0 Å². The highest BCUT2D eigenvalue weighted by Crippen LogP contribution is 2.31. The molecule has 0 fully saturated rings. The minimum Gasteiger partial charge on any atom is -0.392 e. The quantitative estimate of drug-likeness (QED) is 0.759. The Hall–Kier alpha value is -2.17. The van der Waals surface area contributed by atoms with Crippen molar-refractivity contribution in [3.05, 3.63) is 64.0 Å². The van der Waals surface area contributed by atoms with Crippen molar-refractivity contribution in [1.29, 1.82) is 0 Å². The van der Waals surface area contributed by atoms with Gasteiger partial charge in [0.05, 0.1) is 11.5 Å². The van der Waals surface area contributed by atoms with Gasteiger partial charge in [0.15, 0.2) is 0 Å². The lowest BCUT2D eigenvalue weighted by molar-refractivity contribution is 0.103. The first-order valence-corrected chi connectivity index (χ1v) is 7.91.